The van der Waals surface area contributed by atoms with E-state index in [1.54, 1.807) is 19.2 Å². The number of Topliss-reactive ketones (excluding diaryl/α,β-unsaturated/α-hetero) is 1. The number of ether oxygens (including phenoxy) is 1. The molecule has 0 aliphatic carbocycles. The number of aryl methyl sites for hydroxylation is 2. The molecule has 3 aromatic rings. The van der Waals surface area contributed by atoms with Gasteiger partial charge in [-0.05, 0) is 44.2 Å². The maximum atomic E-state index is 13.3. The number of hydrogen-bond acceptors (Lipinski definition) is 7. The maximum absolute atomic E-state index is 13.3. The van der Waals surface area contributed by atoms with Crippen LogP contribution >= 0.6 is 11.8 Å². The summed E-state index contributed by atoms with van der Waals surface area (Å²) >= 11 is 1.31. The van der Waals surface area contributed by atoms with Crippen molar-refractivity contribution in [2.75, 3.05) is 6.61 Å². The summed E-state index contributed by atoms with van der Waals surface area (Å²) in [5, 5.41) is 4.32. The van der Waals surface area contributed by atoms with Crippen LogP contribution in [0.4, 0.5) is 8.78 Å². The van der Waals surface area contributed by atoms with Crippen molar-refractivity contribution in [3.05, 3.63) is 76.3 Å². The number of nitrogens with zero attached hydrogens (tertiary/aromatic N) is 2. The molecule has 0 saturated heterocycles. The highest BCUT2D eigenvalue weighted by Crippen LogP contribution is 2.27. The van der Waals surface area contributed by atoms with Crippen molar-refractivity contribution in [1.29, 1.82) is 0 Å². The highest BCUT2D eigenvalue weighted by molar-refractivity contribution is 7.98. The average molecular weight is 418 g/mol. The Labute approximate surface area is 169 Å². The smallest absolute Gasteiger partial charge is 0.341 e. The molecule has 2 aromatic heterocycles. The minimum Gasteiger partial charge on any atom is -0.454 e. The van der Waals surface area contributed by atoms with Crippen molar-refractivity contribution < 1.29 is 27.6 Å². The Morgan fingerprint density at radius 1 is 1.17 bits per heavy atom. The standard InChI is InChI=1S/C20H16F2N2O4S/c1-11-15(12(2)28-24-11)10-29-19-14(4-3-7-23-19)20(26)27-9-18(25)13-5-6-16(21)17(22)8-13/h3-8H,9-10H2,1-2H3. The average Bonchev–Trinajstić information content (AvgIpc) is 3.04. The van der Waals surface area contributed by atoms with Gasteiger partial charge in [-0.15, -0.1) is 11.8 Å². The molecule has 0 bridgehead atoms. The zero-order valence-electron chi connectivity index (χ0n) is 15.6. The van der Waals surface area contributed by atoms with E-state index in [2.05, 4.69) is 10.1 Å². The lowest BCUT2D eigenvalue weighted by atomic mass is 10.1. The van der Waals surface area contributed by atoms with Gasteiger partial charge in [-0.25, -0.2) is 18.6 Å². The summed E-state index contributed by atoms with van der Waals surface area (Å²) < 4.78 is 36.4. The first kappa shape index (κ1) is 20.7. The minimum atomic E-state index is -1.15. The number of thioether (sulfide) groups is 1. The SMILES string of the molecule is Cc1noc(C)c1CSc1ncccc1C(=O)OCC(=O)c1ccc(F)c(F)c1. The topological polar surface area (TPSA) is 82.3 Å². The van der Waals surface area contributed by atoms with E-state index in [9.17, 15) is 18.4 Å². The molecular formula is C20H16F2N2O4S. The largest absolute Gasteiger partial charge is 0.454 e. The molecule has 29 heavy (non-hydrogen) atoms. The fraction of sp³-hybridized carbons (Fsp3) is 0.200. The van der Waals surface area contributed by atoms with Crippen LogP contribution in [-0.4, -0.2) is 28.5 Å². The number of hydrogen-bond donors (Lipinski definition) is 0. The quantitative estimate of drug-likeness (QED) is 0.321. The number of aromatic nitrogens is 2. The molecule has 0 aliphatic rings. The third kappa shape index (κ3) is 4.86. The molecule has 3 rings (SSSR count). The number of halogens is 2. The van der Waals surface area contributed by atoms with Gasteiger partial charge in [0.1, 0.15) is 10.8 Å². The fourth-order valence-corrected chi connectivity index (χ4v) is 3.61. The monoisotopic (exact) mass is 418 g/mol. The molecule has 0 amide bonds. The lowest BCUT2D eigenvalue weighted by molar-refractivity contribution is 0.0470. The van der Waals surface area contributed by atoms with Crippen molar-refractivity contribution in [2.24, 2.45) is 0 Å². The molecule has 150 valence electrons. The van der Waals surface area contributed by atoms with Gasteiger partial charge in [0, 0.05) is 23.1 Å². The zero-order chi connectivity index (χ0) is 21.0. The van der Waals surface area contributed by atoms with Gasteiger partial charge in [0.2, 0.25) is 0 Å². The van der Waals surface area contributed by atoms with E-state index < -0.39 is 30.0 Å². The Bertz CT molecular complexity index is 1050. The third-order valence-corrected chi connectivity index (χ3v) is 5.13. The highest BCUT2D eigenvalue weighted by atomic mass is 32.2. The molecule has 0 unspecified atom stereocenters. The Hall–Kier alpha value is -3.07. The number of carbonyl (C=O) groups is 2. The Balaban J connectivity index is 1.66. The van der Waals surface area contributed by atoms with Crippen LogP contribution in [0.25, 0.3) is 0 Å². The van der Waals surface area contributed by atoms with Gasteiger partial charge >= 0.3 is 5.97 Å². The normalized spacial score (nSPS) is 10.8. The van der Waals surface area contributed by atoms with Crippen LogP contribution in [0.5, 0.6) is 0 Å². The van der Waals surface area contributed by atoms with Crippen molar-refractivity contribution in [2.45, 2.75) is 24.6 Å². The predicted molar refractivity (Wildman–Crippen MR) is 101 cm³/mol. The van der Waals surface area contributed by atoms with Crippen LogP contribution in [0.1, 0.15) is 37.7 Å². The molecule has 6 nitrogen and oxygen atoms in total. The Morgan fingerprint density at radius 3 is 2.66 bits per heavy atom. The molecule has 0 spiro atoms. The second-order valence-electron chi connectivity index (χ2n) is 6.08. The van der Waals surface area contributed by atoms with Gasteiger partial charge in [-0.3, -0.25) is 4.79 Å². The zero-order valence-corrected chi connectivity index (χ0v) is 16.4. The van der Waals surface area contributed by atoms with E-state index in [-0.39, 0.29) is 11.1 Å². The van der Waals surface area contributed by atoms with E-state index in [0.29, 0.717) is 16.5 Å². The Morgan fingerprint density at radius 2 is 1.97 bits per heavy atom. The van der Waals surface area contributed by atoms with E-state index in [1.165, 1.54) is 17.8 Å². The van der Waals surface area contributed by atoms with E-state index in [4.69, 9.17) is 9.26 Å². The van der Waals surface area contributed by atoms with Crippen molar-refractivity contribution in [1.82, 2.24) is 10.1 Å². The first-order valence-electron chi connectivity index (χ1n) is 8.51. The summed E-state index contributed by atoms with van der Waals surface area (Å²) in [6.45, 7) is 3.02. The van der Waals surface area contributed by atoms with Gasteiger partial charge in [0.05, 0.1) is 11.3 Å². The van der Waals surface area contributed by atoms with Crippen LogP contribution in [0.3, 0.4) is 0 Å². The molecule has 2 heterocycles. The minimum absolute atomic E-state index is 0.0871. The van der Waals surface area contributed by atoms with Crippen molar-refractivity contribution >= 4 is 23.5 Å². The summed E-state index contributed by atoms with van der Waals surface area (Å²) in [5.74, 6) is -2.42. The number of ketones is 1. The van der Waals surface area contributed by atoms with Gasteiger partial charge < -0.3 is 9.26 Å². The molecule has 0 radical (unpaired) electrons. The van der Waals surface area contributed by atoms with E-state index in [1.807, 2.05) is 6.92 Å². The lowest BCUT2D eigenvalue weighted by Gasteiger charge is -2.08. The lowest BCUT2D eigenvalue weighted by Crippen LogP contribution is -2.15. The van der Waals surface area contributed by atoms with Crippen LogP contribution < -0.4 is 0 Å². The number of esters is 1. The van der Waals surface area contributed by atoms with Gasteiger partial charge in [0.25, 0.3) is 0 Å². The molecule has 0 saturated carbocycles. The molecule has 0 fully saturated rings. The number of benzene rings is 1. The molecule has 9 heteroatoms. The van der Waals surface area contributed by atoms with Gasteiger partial charge in [-0.2, -0.15) is 0 Å². The highest BCUT2D eigenvalue weighted by Gasteiger charge is 2.18. The fourth-order valence-electron chi connectivity index (χ4n) is 2.47. The Kier molecular flexibility index (Phi) is 6.38. The molecule has 0 N–H and O–H groups in total. The first-order valence-corrected chi connectivity index (χ1v) is 9.50. The molecular weight excluding hydrogens is 402 g/mol. The second kappa shape index (κ2) is 8.95. The van der Waals surface area contributed by atoms with Gasteiger partial charge in [-0.1, -0.05) is 5.16 Å². The molecule has 0 aliphatic heterocycles. The van der Waals surface area contributed by atoms with Crippen LogP contribution in [0, 0.1) is 25.5 Å². The van der Waals surface area contributed by atoms with Gasteiger partial charge in [0.15, 0.2) is 24.0 Å². The molecule has 0 atom stereocenters. The molecule has 1 aromatic carbocycles. The predicted octanol–water partition coefficient (Wildman–Crippen LogP) is 4.30. The number of pyridine rings is 1. The van der Waals surface area contributed by atoms with Crippen LogP contribution in [0.15, 0.2) is 46.1 Å². The first-order chi connectivity index (χ1) is 13.9. The van der Waals surface area contributed by atoms with Crippen molar-refractivity contribution in [3.63, 3.8) is 0 Å². The summed E-state index contributed by atoms with van der Waals surface area (Å²) in [4.78, 5) is 28.7. The second-order valence-corrected chi connectivity index (χ2v) is 7.04. The summed E-state index contributed by atoms with van der Waals surface area (Å²) in [6.07, 6.45) is 1.54. The van der Waals surface area contributed by atoms with E-state index in [0.717, 1.165) is 29.5 Å². The van der Waals surface area contributed by atoms with Crippen LogP contribution in [-0.2, 0) is 10.5 Å². The third-order valence-electron chi connectivity index (χ3n) is 4.10. The summed E-state index contributed by atoms with van der Waals surface area (Å²) in [7, 11) is 0. The maximum Gasteiger partial charge on any atom is 0.341 e. The van der Waals surface area contributed by atoms with Crippen LogP contribution in [0.2, 0.25) is 0 Å². The summed E-state index contributed by atoms with van der Waals surface area (Å²) in [6, 6.07) is 5.85. The number of rotatable bonds is 7. The summed E-state index contributed by atoms with van der Waals surface area (Å²) in [5.41, 5.74) is 1.78. The number of carbonyl (C=O) groups excluding carboxylic acids is 2. The van der Waals surface area contributed by atoms with E-state index >= 15 is 0 Å². The van der Waals surface area contributed by atoms with Crippen molar-refractivity contribution in [3.8, 4) is 0 Å².